The van der Waals surface area contributed by atoms with Gasteiger partial charge >= 0.3 is 0 Å². The number of halogens is 1. The van der Waals surface area contributed by atoms with Crippen molar-refractivity contribution in [3.8, 4) is 0 Å². The van der Waals surface area contributed by atoms with E-state index in [1.807, 2.05) is 56.1 Å². The molecule has 1 aliphatic carbocycles. The van der Waals surface area contributed by atoms with Gasteiger partial charge in [0.1, 0.15) is 12.1 Å². The van der Waals surface area contributed by atoms with Gasteiger partial charge in [-0.1, -0.05) is 68.3 Å². The van der Waals surface area contributed by atoms with Crippen molar-refractivity contribution in [1.29, 1.82) is 0 Å². The summed E-state index contributed by atoms with van der Waals surface area (Å²) in [5, 5.41) is 12.4. The van der Waals surface area contributed by atoms with Gasteiger partial charge in [-0.05, 0) is 55.7 Å². The molecule has 5 rings (SSSR count). The van der Waals surface area contributed by atoms with Crippen molar-refractivity contribution >= 4 is 38.9 Å². The molecule has 14 heteroatoms. The third kappa shape index (κ3) is 9.29. The minimum atomic E-state index is -3.01. The predicted molar refractivity (Wildman–Crippen MR) is 195 cm³/mol. The zero-order valence-electron chi connectivity index (χ0n) is 29.6. The number of nitrogens with zero attached hydrogens (tertiary/aromatic N) is 6. The lowest BCUT2D eigenvalue weighted by Gasteiger charge is -2.46. The number of sulfone groups is 1. The Balaban J connectivity index is 1.46. The molecule has 2 amide bonds. The van der Waals surface area contributed by atoms with Crippen LogP contribution in [0.4, 0.5) is 0 Å². The van der Waals surface area contributed by atoms with Gasteiger partial charge in [0.05, 0.1) is 29.1 Å². The van der Waals surface area contributed by atoms with E-state index in [0.29, 0.717) is 81.2 Å². The summed E-state index contributed by atoms with van der Waals surface area (Å²) in [6, 6.07) is 1.61. The molecule has 1 N–H and O–H groups in total. The van der Waals surface area contributed by atoms with Gasteiger partial charge in [0.25, 0.3) is 11.5 Å². The smallest absolute Gasteiger partial charge is 0.264 e. The summed E-state index contributed by atoms with van der Waals surface area (Å²) in [6.07, 6.45) is 13.0. The van der Waals surface area contributed by atoms with Crippen molar-refractivity contribution in [3.05, 3.63) is 86.1 Å². The third-order valence-corrected chi connectivity index (χ3v) is 11.4. The van der Waals surface area contributed by atoms with Crippen LogP contribution in [0.1, 0.15) is 74.8 Å². The molecule has 2 fully saturated rings. The maximum Gasteiger partial charge on any atom is 0.264 e. The number of aromatic nitrogens is 4. The molecule has 270 valence electrons. The predicted octanol–water partition coefficient (Wildman–Crippen LogP) is 3.78. The summed E-state index contributed by atoms with van der Waals surface area (Å²) >= 11 is 6.27. The van der Waals surface area contributed by atoms with E-state index >= 15 is 0 Å². The standard InChI is InChI=1S/C36H48ClN7O5S/c1-25(2)30(37)12-11-26(3)13-14-38-34(46)29-19-28-31(43(35(29)47)22-33(45)42-23-36(4,5)24-42)9-7-6-8-10-32(28)44-21-27(39-40-44)20-41-15-17-50(48,49)18-16-41/h6,8,10-12,19,21,25H,7,9,13-18,20,22-24H2,1-5H3,(H,38,46). The van der Waals surface area contributed by atoms with Crippen LogP contribution in [0.25, 0.3) is 5.70 Å². The van der Waals surface area contributed by atoms with E-state index in [1.54, 1.807) is 21.8 Å². The summed E-state index contributed by atoms with van der Waals surface area (Å²) in [6.45, 7) is 12.8. The van der Waals surface area contributed by atoms with Crippen LogP contribution in [-0.4, -0.2) is 93.8 Å². The first kappa shape index (κ1) is 37.4. The number of nitrogens with one attached hydrogen (secondary N) is 1. The quantitative estimate of drug-likeness (QED) is 0.346. The number of likely N-dealkylation sites (tertiary alicyclic amines) is 1. The van der Waals surface area contributed by atoms with E-state index in [9.17, 15) is 22.8 Å². The number of pyridine rings is 1. The van der Waals surface area contributed by atoms with E-state index in [2.05, 4.69) is 29.5 Å². The number of hydrogen-bond donors (Lipinski definition) is 1. The highest BCUT2D eigenvalue weighted by Crippen LogP contribution is 2.30. The maximum atomic E-state index is 14.1. The number of rotatable bonds is 11. The molecule has 4 heterocycles. The molecule has 50 heavy (non-hydrogen) atoms. The average molecular weight is 726 g/mol. The van der Waals surface area contributed by atoms with Gasteiger partial charge in [0, 0.05) is 55.6 Å². The zero-order valence-corrected chi connectivity index (χ0v) is 31.2. The molecule has 0 spiro atoms. The second-order valence-corrected chi connectivity index (χ2v) is 17.3. The Bertz CT molecular complexity index is 1900. The van der Waals surface area contributed by atoms with Gasteiger partial charge in [-0.3, -0.25) is 19.3 Å². The zero-order chi connectivity index (χ0) is 36.2. The molecular weight excluding hydrogens is 678 g/mol. The van der Waals surface area contributed by atoms with E-state index < -0.39 is 21.3 Å². The SMILES string of the molecule is CC(=CC=C(Cl)C(C)C)CCNC(=O)c1cc2c(n(CC(=O)N3CC(C)(C)C3)c1=O)CCC=CC=C2n1cc(CN2CCS(=O)(=O)CC2)nn1. The van der Waals surface area contributed by atoms with Crippen LogP contribution < -0.4 is 10.9 Å². The summed E-state index contributed by atoms with van der Waals surface area (Å²) in [7, 11) is -3.01. The Hall–Kier alpha value is -3.81. The van der Waals surface area contributed by atoms with E-state index in [4.69, 9.17) is 11.6 Å². The largest absolute Gasteiger partial charge is 0.352 e. The van der Waals surface area contributed by atoms with Crippen LogP contribution in [0.3, 0.4) is 0 Å². The summed E-state index contributed by atoms with van der Waals surface area (Å²) in [4.78, 5) is 45.1. The molecule has 2 saturated heterocycles. The number of amides is 2. The lowest BCUT2D eigenvalue weighted by molar-refractivity contribution is -0.142. The van der Waals surface area contributed by atoms with Gasteiger partial charge in [0.15, 0.2) is 9.84 Å². The van der Waals surface area contributed by atoms with Gasteiger partial charge < -0.3 is 14.8 Å². The first-order chi connectivity index (χ1) is 23.6. The maximum absolute atomic E-state index is 14.1. The Kier molecular flexibility index (Phi) is 11.7. The second-order valence-electron chi connectivity index (χ2n) is 14.6. The van der Waals surface area contributed by atoms with Crippen molar-refractivity contribution in [1.82, 2.24) is 34.7 Å². The lowest BCUT2D eigenvalue weighted by atomic mass is 9.84. The molecule has 0 radical (unpaired) electrons. The van der Waals surface area contributed by atoms with E-state index in [1.165, 1.54) is 4.57 Å². The van der Waals surface area contributed by atoms with Crippen molar-refractivity contribution < 1.29 is 18.0 Å². The number of fused-ring (bicyclic) bond motifs is 1. The molecular formula is C36H48ClN7O5S. The molecule has 0 atom stereocenters. The first-order valence-corrected chi connectivity index (χ1v) is 19.4. The molecule has 12 nitrogen and oxygen atoms in total. The van der Waals surface area contributed by atoms with Crippen LogP contribution in [0.2, 0.25) is 0 Å². The minimum absolute atomic E-state index is 0.0215. The van der Waals surface area contributed by atoms with Gasteiger partial charge in [-0.15, -0.1) is 5.10 Å². The van der Waals surface area contributed by atoms with Crippen LogP contribution in [0, 0.1) is 11.3 Å². The Morgan fingerprint density at radius 3 is 2.54 bits per heavy atom. The van der Waals surface area contributed by atoms with Crippen LogP contribution in [-0.2, 0) is 34.1 Å². The normalized spacial score (nSPS) is 19.3. The molecule has 0 unspecified atom stereocenters. The van der Waals surface area contributed by atoms with Crippen LogP contribution in [0.15, 0.2) is 58.0 Å². The second kappa shape index (κ2) is 15.6. The number of carbonyl (C=O) groups excluding carboxylic acids is 2. The summed E-state index contributed by atoms with van der Waals surface area (Å²) in [5.41, 5.74) is 2.98. The Morgan fingerprint density at radius 2 is 1.86 bits per heavy atom. The summed E-state index contributed by atoms with van der Waals surface area (Å²) < 4.78 is 26.9. The highest BCUT2D eigenvalue weighted by molar-refractivity contribution is 7.91. The van der Waals surface area contributed by atoms with Crippen LogP contribution in [0.5, 0.6) is 0 Å². The third-order valence-electron chi connectivity index (χ3n) is 9.24. The molecule has 2 aromatic rings. The van der Waals surface area contributed by atoms with Gasteiger partial charge in [-0.2, -0.15) is 0 Å². The fourth-order valence-corrected chi connectivity index (χ4v) is 7.62. The topological polar surface area (TPSA) is 140 Å². The molecule has 0 bridgehead atoms. The molecule has 3 aliphatic rings. The number of carbonyl (C=O) groups is 2. The monoisotopic (exact) mass is 725 g/mol. The average Bonchev–Trinajstić information content (AvgIpc) is 3.49. The van der Waals surface area contributed by atoms with E-state index in [-0.39, 0.29) is 40.9 Å². The van der Waals surface area contributed by atoms with Gasteiger partial charge in [0.2, 0.25) is 5.91 Å². The van der Waals surface area contributed by atoms with Crippen molar-refractivity contribution in [3.63, 3.8) is 0 Å². The van der Waals surface area contributed by atoms with Crippen LogP contribution >= 0.6 is 11.6 Å². The Morgan fingerprint density at radius 1 is 1.14 bits per heavy atom. The van der Waals surface area contributed by atoms with E-state index in [0.717, 1.165) is 10.6 Å². The molecule has 2 aliphatic heterocycles. The first-order valence-electron chi connectivity index (χ1n) is 17.2. The lowest BCUT2D eigenvalue weighted by Crippen LogP contribution is -2.56. The Labute approximate surface area is 299 Å². The fraction of sp³-hybridized carbons (Fsp3) is 0.528. The highest BCUT2D eigenvalue weighted by Gasteiger charge is 2.37. The highest BCUT2D eigenvalue weighted by atomic mass is 35.5. The molecule has 0 aromatic carbocycles. The van der Waals surface area contributed by atoms with Crippen molar-refractivity contribution in [2.24, 2.45) is 11.3 Å². The number of hydrogen-bond acceptors (Lipinski definition) is 8. The fourth-order valence-electron chi connectivity index (χ4n) is 6.28. The summed E-state index contributed by atoms with van der Waals surface area (Å²) in [5.74, 6) is -0.257. The number of allylic oxidation sites excluding steroid dienone is 6. The molecule has 0 saturated carbocycles. The minimum Gasteiger partial charge on any atom is -0.352 e. The van der Waals surface area contributed by atoms with Gasteiger partial charge in [-0.25, -0.2) is 13.1 Å². The van der Waals surface area contributed by atoms with Crippen molar-refractivity contribution in [2.45, 2.75) is 67.0 Å². The van der Waals surface area contributed by atoms with Crippen molar-refractivity contribution in [2.75, 3.05) is 44.2 Å². The molecule has 2 aromatic heterocycles.